The third-order valence-corrected chi connectivity index (χ3v) is 2.59. The molecular formula is C8H15BrN4O. The average molecular weight is 263 g/mol. The van der Waals surface area contributed by atoms with Gasteiger partial charge < -0.3 is 10.5 Å². The molecule has 6 heteroatoms. The van der Waals surface area contributed by atoms with Crippen LogP contribution >= 0.6 is 15.9 Å². The second kappa shape index (κ2) is 6.10. The number of nitrogens with two attached hydrogens (primary N) is 1. The normalized spacial score (nSPS) is 13.1. The summed E-state index contributed by atoms with van der Waals surface area (Å²) >= 11 is 3.51. The van der Waals surface area contributed by atoms with Crippen LogP contribution in [0.15, 0.2) is 6.20 Å². The van der Waals surface area contributed by atoms with Gasteiger partial charge in [0, 0.05) is 13.7 Å². The number of aryl methyl sites for hydroxylation is 1. The van der Waals surface area contributed by atoms with Crippen molar-refractivity contribution in [2.45, 2.75) is 17.8 Å². The fourth-order valence-corrected chi connectivity index (χ4v) is 1.77. The molecule has 1 heterocycles. The second-order valence-corrected chi connectivity index (χ2v) is 4.05. The molecule has 0 saturated carbocycles. The smallest absolute Gasteiger partial charge is 0.0814 e. The number of hydrogen-bond acceptors (Lipinski definition) is 4. The van der Waals surface area contributed by atoms with E-state index in [-0.39, 0.29) is 4.83 Å². The number of methoxy groups -OCH3 is 1. The zero-order chi connectivity index (χ0) is 10.4. The van der Waals surface area contributed by atoms with Crippen LogP contribution in [-0.4, -0.2) is 35.3 Å². The molecule has 1 rings (SSSR count). The van der Waals surface area contributed by atoms with E-state index in [2.05, 4.69) is 26.2 Å². The summed E-state index contributed by atoms with van der Waals surface area (Å²) in [7, 11) is 1.67. The second-order valence-electron chi connectivity index (χ2n) is 2.95. The van der Waals surface area contributed by atoms with Crippen molar-refractivity contribution in [2.24, 2.45) is 5.73 Å². The molecule has 1 unspecified atom stereocenters. The van der Waals surface area contributed by atoms with Crippen molar-refractivity contribution in [3.63, 3.8) is 0 Å². The molecule has 5 nitrogen and oxygen atoms in total. The molecule has 1 atom stereocenters. The SMILES string of the molecule is COCC(Br)c1cnnn1CCCN. The quantitative estimate of drug-likeness (QED) is 0.767. The molecule has 0 bridgehead atoms. The van der Waals surface area contributed by atoms with Gasteiger partial charge in [0.05, 0.1) is 23.3 Å². The number of hydrogen-bond donors (Lipinski definition) is 1. The summed E-state index contributed by atoms with van der Waals surface area (Å²) in [5.41, 5.74) is 6.46. The zero-order valence-corrected chi connectivity index (χ0v) is 9.77. The molecule has 0 aliphatic heterocycles. The van der Waals surface area contributed by atoms with Gasteiger partial charge in [0.2, 0.25) is 0 Å². The van der Waals surface area contributed by atoms with Crippen molar-refractivity contribution >= 4 is 15.9 Å². The van der Waals surface area contributed by atoms with Crippen LogP contribution in [-0.2, 0) is 11.3 Å². The molecule has 80 valence electrons. The molecule has 0 amide bonds. The minimum atomic E-state index is 0.139. The minimum Gasteiger partial charge on any atom is -0.383 e. The van der Waals surface area contributed by atoms with Crippen molar-refractivity contribution in [3.05, 3.63) is 11.9 Å². The lowest BCUT2D eigenvalue weighted by atomic mass is 10.3. The Balaban J connectivity index is 2.61. The number of nitrogens with zero attached hydrogens (tertiary/aromatic N) is 3. The first-order valence-electron chi connectivity index (χ1n) is 4.51. The van der Waals surface area contributed by atoms with Crippen LogP contribution in [0.3, 0.4) is 0 Å². The lowest BCUT2D eigenvalue weighted by Gasteiger charge is -2.10. The summed E-state index contributed by atoms with van der Waals surface area (Å²) in [6.07, 6.45) is 2.65. The molecule has 0 fully saturated rings. The number of alkyl halides is 1. The Labute approximate surface area is 91.7 Å². The fourth-order valence-electron chi connectivity index (χ4n) is 1.15. The van der Waals surface area contributed by atoms with Crippen LogP contribution < -0.4 is 5.73 Å². The summed E-state index contributed by atoms with van der Waals surface area (Å²) in [6.45, 7) is 2.07. The van der Waals surface area contributed by atoms with Gasteiger partial charge in [-0.1, -0.05) is 21.1 Å². The first-order chi connectivity index (χ1) is 6.79. The summed E-state index contributed by atoms with van der Waals surface area (Å²) < 4.78 is 6.90. The van der Waals surface area contributed by atoms with Crippen molar-refractivity contribution in [3.8, 4) is 0 Å². The Morgan fingerprint density at radius 1 is 1.71 bits per heavy atom. The van der Waals surface area contributed by atoms with Crippen LogP contribution in [0.4, 0.5) is 0 Å². The van der Waals surface area contributed by atoms with Crippen LogP contribution in [0.5, 0.6) is 0 Å². The van der Waals surface area contributed by atoms with Crippen LogP contribution in [0.25, 0.3) is 0 Å². The zero-order valence-electron chi connectivity index (χ0n) is 8.19. The number of aromatic nitrogens is 3. The largest absolute Gasteiger partial charge is 0.383 e. The lowest BCUT2D eigenvalue weighted by Crippen LogP contribution is -2.12. The number of rotatable bonds is 6. The highest BCUT2D eigenvalue weighted by molar-refractivity contribution is 9.09. The van der Waals surface area contributed by atoms with Crippen molar-refractivity contribution in [1.29, 1.82) is 0 Å². The van der Waals surface area contributed by atoms with E-state index in [1.165, 1.54) is 0 Å². The first kappa shape index (κ1) is 11.6. The fraction of sp³-hybridized carbons (Fsp3) is 0.750. The number of ether oxygens (including phenoxy) is 1. The van der Waals surface area contributed by atoms with Crippen molar-refractivity contribution in [1.82, 2.24) is 15.0 Å². The lowest BCUT2D eigenvalue weighted by molar-refractivity contribution is 0.199. The summed E-state index contributed by atoms with van der Waals surface area (Å²) in [5, 5.41) is 7.85. The van der Waals surface area contributed by atoms with Crippen LogP contribution in [0.1, 0.15) is 16.9 Å². The van der Waals surface area contributed by atoms with Crippen LogP contribution in [0.2, 0.25) is 0 Å². The molecule has 0 saturated heterocycles. The average Bonchev–Trinajstić information content (AvgIpc) is 2.63. The highest BCUT2D eigenvalue weighted by atomic mass is 79.9. The van der Waals surface area contributed by atoms with Crippen molar-refractivity contribution < 1.29 is 4.74 Å². The Hall–Kier alpha value is -0.460. The van der Waals surface area contributed by atoms with Gasteiger partial charge in [-0.3, -0.25) is 0 Å². The number of halogens is 1. The van der Waals surface area contributed by atoms with E-state index in [0.717, 1.165) is 18.7 Å². The maximum Gasteiger partial charge on any atom is 0.0814 e. The van der Waals surface area contributed by atoms with E-state index >= 15 is 0 Å². The van der Waals surface area contributed by atoms with Gasteiger partial charge in [-0.25, -0.2) is 4.68 Å². The third kappa shape index (κ3) is 3.04. The molecule has 0 aliphatic carbocycles. The Morgan fingerprint density at radius 2 is 2.50 bits per heavy atom. The minimum absolute atomic E-state index is 0.139. The van der Waals surface area contributed by atoms with Gasteiger partial charge >= 0.3 is 0 Å². The topological polar surface area (TPSA) is 66.0 Å². The Kier molecular flexibility index (Phi) is 5.06. The van der Waals surface area contributed by atoms with E-state index in [9.17, 15) is 0 Å². The van der Waals surface area contributed by atoms with Gasteiger partial charge in [0.25, 0.3) is 0 Å². The monoisotopic (exact) mass is 262 g/mol. The van der Waals surface area contributed by atoms with E-state index in [1.54, 1.807) is 13.3 Å². The maximum absolute atomic E-state index is 5.43. The van der Waals surface area contributed by atoms with E-state index in [4.69, 9.17) is 10.5 Å². The highest BCUT2D eigenvalue weighted by Crippen LogP contribution is 2.21. The predicted molar refractivity (Wildman–Crippen MR) is 57.2 cm³/mol. The maximum atomic E-state index is 5.43. The molecule has 14 heavy (non-hydrogen) atoms. The highest BCUT2D eigenvalue weighted by Gasteiger charge is 2.13. The predicted octanol–water partition coefficient (Wildman–Crippen LogP) is 0.709. The molecule has 1 aromatic heterocycles. The van der Waals surface area contributed by atoms with Gasteiger partial charge in [0.15, 0.2) is 0 Å². The summed E-state index contributed by atoms with van der Waals surface area (Å²) in [4.78, 5) is 0.139. The molecular weight excluding hydrogens is 248 g/mol. The van der Waals surface area contributed by atoms with Crippen molar-refractivity contribution in [2.75, 3.05) is 20.3 Å². The van der Waals surface area contributed by atoms with Gasteiger partial charge in [-0.2, -0.15) is 0 Å². The van der Waals surface area contributed by atoms with Crippen LogP contribution in [0, 0.1) is 0 Å². The summed E-state index contributed by atoms with van der Waals surface area (Å²) in [6, 6.07) is 0. The van der Waals surface area contributed by atoms with Gasteiger partial charge in [0.1, 0.15) is 0 Å². The Morgan fingerprint density at radius 3 is 3.14 bits per heavy atom. The first-order valence-corrected chi connectivity index (χ1v) is 5.42. The Bertz CT molecular complexity index is 266. The molecule has 0 aromatic carbocycles. The van der Waals surface area contributed by atoms with Gasteiger partial charge in [-0.15, -0.1) is 5.10 Å². The van der Waals surface area contributed by atoms with Gasteiger partial charge in [-0.05, 0) is 13.0 Å². The standard InChI is InChI=1S/C8H15BrN4O/c1-14-6-7(9)8-5-11-12-13(8)4-2-3-10/h5,7H,2-4,6,10H2,1H3. The summed E-state index contributed by atoms with van der Waals surface area (Å²) in [5.74, 6) is 0. The molecule has 0 radical (unpaired) electrons. The van der Waals surface area contributed by atoms with E-state index in [1.807, 2.05) is 4.68 Å². The molecule has 1 aromatic rings. The van der Waals surface area contributed by atoms with E-state index < -0.39 is 0 Å². The third-order valence-electron chi connectivity index (χ3n) is 1.86. The molecule has 2 N–H and O–H groups in total. The van der Waals surface area contributed by atoms with E-state index in [0.29, 0.717) is 13.2 Å². The molecule has 0 spiro atoms. The molecule has 0 aliphatic rings.